The van der Waals surface area contributed by atoms with Crippen molar-refractivity contribution in [3.05, 3.63) is 0 Å². The quantitative estimate of drug-likeness (QED) is 0.111. The third-order valence-electron chi connectivity index (χ3n) is 12.3. The minimum Gasteiger partial charge on any atom is -0.726 e. The molecule has 12 unspecified atom stereocenters. The van der Waals surface area contributed by atoms with Crippen LogP contribution in [-0.4, -0.2) is 57.2 Å². The number of fused-ring (bicyclic) bond motifs is 5. The van der Waals surface area contributed by atoms with E-state index in [9.17, 15) is 38.9 Å². The summed E-state index contributed by atoms with van der Waals surface area (Å²) in [6.07, 6.45) is 1.22. The standard InChI is InChI=1S/C28H50O12S3.3Na/c1-16(2)17(3)7-8-18(4)20-9-10-21-19-13-24(38-41(29,30)31)23-14-25(39-42(32,33)34)26(40-43(35,36)37)15-28(23,6)22(19)11-12-27(20,21)5;;;/h16-26H,7-15H2,1-6H3,(H,29,30,31)(H,32,33,34)(H,35,36,37);;;/q;3*+1/p-3. The molecule has 4 fully saturated rings. The summed E-state index contributed by atoms with van der Waals surface area (Å²) >= 11 is 0. The van der Waals surface area contributed by atoms with Crippen LogP contribution in [0, 0.1) is 58.2 Å². The van der Waals surface area contributed by atoms with E-state index in [0.717, 1.165) is 38.5 Å². The normalized spacial score (nSPS) is 39.0. The van der Waals surface area contributed by atoms with Crippen molar-refractivity contribution in [2.45, 2.75) is 118 Å². The van der Waals surface area contributed by atoms with Gasteiger partial charge in [0.15, 0.2) is 0 Å². The largest absolute Gasteiger partial charge is 1.00 e. The van der Waals surface area contributed by atoms with E-state index < -0.39 is 60.8 Å². The van der Waals surface area contributed by atoms with Gasteiger partial charge < -0.3 is 13.7 Å². The molecule has 4 saturated carbocycles. The topological polar surface area (TPSA) is 199 Å². The fraction of sp³-hybridized carbons (Fsp3) is 1.00. The number of rotatable bonds is 11. The maximum absolute atomic E-state index is 11.9. The molecule has 46 heavy (non-hydrogen) atoms. The maximum atomic E-state index is 11.9. The Balaban J connectivity index is 0.00000353. The van der Waals surface area contributed by atoms with Crippen molar-refractivity contribution >= 4 is 31.2 Å². The molecule has 0 amide bonds. The van der Waals surface area contributed by atoms with Crippen molar-refractivity contribution in [2.24, 2.45) is 58.2 Å². The van der Waals surface area contributed by atoms with Crippen LogP contribution in [0.4, 0.5) is 0 Å². The van der Waals surface area contributed by atoms with Gasteiger partial charge in [-0.15, -0.1) is 0 Å². The molecule has 0 bridgehead atoms. The average molecular weight is 741 g/mol. The summed E-state index contributed by atoms with van der Waals surface area (Å²) in [4.78, 5) is 0. The Bertz CT molecular complexity index is 1350. The first-order valence-corrected chi connectivity index (χ1v) is 19.5. The summed E-state index contributed by atoms with van der Waals surface area (Å²) in [6, 6.07) is 0. The third kappa shape index (κ3) is 10.8. The number of hydrogen-bond donors (Lipinski definition) is 0. The zero-order chi connectivity index (χ0) is 32.3. The second-order valence-electron chi connectivity index (χ2n) is 14.8. The average Bonchev–Trinajstić information content (AvgIpc) is 3.18. The predicted molar refractivity (Wildman–Crippen MR) is 152 cm³/mol. The van der Waals surface area contributed by atoms with E-state index in [-0.39, 0.29) is 131 Å². The maximum Gasteiger partial charge on any atom is 1.00 e. The SMILES string of the molecule is CC(C)C(C)CCC(C)C1CCC2C3CC(OS(=O)(=O)[O-])C4CC(OS(=O)(=O)[O-])C(OS(=O)(=O)[O-])CC4(C)C3CCC12C.[Na+].[Na+].[Na+]. The fourth-order valence-corrected chi connectivity index (χ4v) is 11.6. The summed E-state index contributed by atoms with van der Waals surface area (Å²) in [5.74, 6) is 1.52. The molecule has 0 saturated heterocycles. The predicted octanol–water partition coefficient (Wildman–Crippen LogP) is -4.88. The second kappa shape index (κ2) is 17.2. The van der Waals surface area contributed by atoms with Gasteiger partial charge in [-0.1, -0.05) is 54.4 Å². The smallest absolute Gasteiger partial charge is 0.726 e. The molecule has 4 rings (SSSR count). The van der Waals surface area contributed by atoms with Gasteiger partial charge in [-0.25, -0.2) is 25.3 Å². The Hall–Kier alpha value is 2.61. The van der Waals surface area contributed by atoms with Crippen molar-refractivity contribution in [2.75, 3.05) is 0 Å². The molecular formula is C28H47Na3O12S3. The van der Waals surface area contributed by atoms with E-state index in [4.69, 9.17) is 8.37 Å². The van der Waals surface area contributed by atoms with Crippen LogP contribution in [0.25, 0.3) is 0 Å². The van der Waals surface area contributed by atoms with Gasteiger partial charge in [0.25, 0.3) is 0 Å². The molecular weight excluding hydrogens is 693 g/mol. The summed E-state index contributed by atoms with van der Waals surface area (Å²) in [5.41, 5.74) is -0.908. The van der Waals surface area contributed by atoms with E-state index in [1.807, 2.05) is 6.92 Å². The molecule has 0 aromatic heterocycles. The molecule has 4 aliphatic rings. The van der Waals surface area contributed by atoms with Crippen LogP contribution in [0.2, 0.25) is 0 Å². The second-order valence-corrected chi connectivity index (χ2v) is 17.8. The molecule has 252 valence electrons. The zero-order valence-corrected chi connectivity index (χ0v) is 37.3. The summed E-state index contributed by atoms with van der Waals surface area (Å²) in [6.45, 7) is 13.2. The molecule has 0 aromatic carbocycles. The monoisotopic (exact) mass is 740 g/mol. The summed E-state index contributed by atoms with van der Waals surface area (Å²) in [5, 5.41) is 0. The molecule has 12 atom stereocenters. The van der Waals surface area contributed by atoms with Crippen molar-refractivity contribution in [3.8, 4) is 0 Å². The van der Waals surface area contributed by atoms with Gasteiger partial charge >= 0.3 is 88.7 Å². The van der Waals surface area contributed by atoms with Crippen LogP contribution in [-0.2, 0) is 43.7 Å². The van der Waals surface area contributed by atoms with Crippen LogP contribution in [0.3, 0.4) is 0 Å². The minimum absolute atomic E-state index is 0. The first-order chi connectivity index (χ1) is 19.5. The Morgan fingerprint density at radius 3 is 1.67 bits per heavy atom. The number of hydrogen-bond acceptors (Lipinski definition) is 12. The molecule has 0 aliphatic heterocycles. The molecule has 4 aliphatic carbocycles. The van der Waals surface area contributed by atoms with E-state index in [0.29, 0.717) is 23.7 Å². The Kier molecular flexibility index (Phi) is 17.4. The van der Waals surface area contributed by atoms with Crippen molar-refractivity contribution in [3.63, 3.8) is 0 Å². The van der Waals surface area contributed by atoms with Crippen molar-refractivity contribution in [1.82, 2.24) is 0 Å². The van der Waals surface area contributed by atoms with Crippen LogP contribution >= 0.6 is 0 Å². The summed E-state index contributed by atoms with van der Waals surface area (Å²) in [7, 11) is -15.8. The van der Waals surface area contributed by atoms with Crippen LogP contribution in [0.15, 0.2) is 0 Å². The Morgan fingerprint density at radius 2 is 1.15 bits per heavy atom. The third-order valence-corrected chi connectivity index (χ3v) is 13.8. The van der Waals surface area contributed by atoms with Gasteiger partial charge in [-0.05, 0) is 103 Å². The molecule has 12 nitrogen and oxygen atoms in total. The fourth-order valence-electron chi connectivity index (χ4n) is 10.1. The van der Waals surface area contributed by atoms with E-state index in [2.05, 4.69) is 38.8 Å². The van der Waals surface area contributed by atoms with E-state index in [1.165, 1.54) is 0 Å². The zero-order valence-electron chi connectivity index (χ0n) is 28.8. The minimum atomic E-state index is -5.34. The molecule has 0 radical (unpaired) electrons. The van der Waals surface area contributed by atoms with Gasteiger partial charge in [0.05, 0.1) is 6.10 Å². The molecule has 0 N–H and O–H groups in total. The first kappa shape index (κ1) is 46.6. The molecule has 0 aromatic rings. The Morgan fingerprint density at radius 1 is 0.652 bits per heavy atom. The molecule has 0 spiro atoms. The van der Waals surface area contributed by atoms with Gasteiger partial charge in [0, 0.05) is 0 Å². The van der Waals surface area contributed by atoms with Crippen LogP contribution in [0.5, 0.6) is 0 Å². The van der Waals surface area contributed by atoms with Gasteiger partial charge in [0.1, 0.15) is 12.2 Å². The van der Waals surface area contributed by atoms with Gasteiger partial charge in [-0.2, -0.15) is 0 Å². The van der Waals surface area contributed by atoms with Crippen molar-refractivity contribution < 1.29 is 140 Å². The van der Waals surface area contributed by atoms with Gasteiger partial charge in [0.2, 0.25) is 31.2 Å². The van der Waals surface area contributed by atoms with E-state index in [1.54, 1.807) is 0 Å². The van der Waals surface area contributed by atoms with E-state index >= 15 is 0 Å². The van der Waals surface area contributed by atoms with Gasteiger partial charge in [-0.3, -0.25) is 12.5 Å². The van der Waals surface area contributed by atoms with Crippen LogP contribution < -0.4 is 88.7 Å². The van der Waals surface area contributed by atoms with Crippen LogP contribution in [0.1, 0.15) is 99.3 Å². The summed E-state index contributed by atoms with van der Waals surface area (Å²) < 4.78 is 120. The Labute approximate surface area is 343 Å². The first-order valence-electron chi connectivity index (χ1n) is 15.5. The molecule has 18 heteroatoms. The molecule has 0 heterocycles. The van der Waals surface area contributed by atoms with Crippen molar-refractivity contribution in [1.29, 1.82) is 0 Å².